The SMILES string of the molecule is CCOC(=O)COc1c(C(=O)OC)sc(-c2cccc(OC(C(=O)Nc3ccccc3C)C3CCNCC3)c2)c1Br. The summed E-state index contributed by atoms with van der Waals surface area (Å²) in [6.07, 6.45) is 0.921. The second-order valence-corrected chi connectivity index (χ2v) is 11.3. The highest BCUT2D eigenvalue weighted by molar-refractivity contribution is 9.10. The molecule has 1 aliphatic rings. The van der Waals surface area contributed by atoms with Crippen molar-refractivity contribution in [3.8, 4) is 21.9 Å². The average molecular weight is 646 g/mol. The van der Waals surface area contributed by atoms with E-state index in [-0.39, 0.29) is 35.7 Å². The monoisotopic (exact) mass is 644 g/mol. The molecule has 1 saturated heterocycles. The van der Waals surface area contributed by atoms with Gasteiger partial charge in [-0.1, -0.05) is 30.3 Å². The minimum absolute atomic E-state index is 0.0335. The Morgan fingerprint density at radius 2 is 1.88 bits per heavy atom. The minimum atomic E-state index is -0.701. The summed E-state index contributed by atoms with van der Waals surface area (Å²) in [5.74, 6) is -0.595. The van der Waals surface area contributed by atoms with Crippen molar-refractivity contribution in [2.75, 3.05) is 38.7 Å². The predicted molar refractivity (Wildman–Crippen MR) is 161 cm³/mol. The molecule has 11 heteroatoms. The van der Waals surface area contributed by atoms with Gasteiger partial charge in [-0.05, 0) is 85.0 Å². The van der Waals surface area contributed by atoms with Gasteiger partial charge in [-0.3, -0.25) is 4.79 Å². The number of ether oxygens (including phenoxy) is 4. The van der Waals surface area contributed by atoms with Gasteiger partial charge in [-0.2, -0.15) is 0 Å². The average Bonchev–Trinajstić information content (AvgIpc) is 3.32. The maximum atomic E-state index is 13.5. The van der Waals surface area contributed by atoms with E-state index in [0.717, 1.165) is 54.1 Å². The normalized spacial score (nSPS) is 14.1. The third-order valence-electron chi connectivity index (χ3n) is 6.65. The van der Waals surface area contributed by atoms with Gasteiger partial charge >= 0.3 is 11.9 Å². The molecule has 2 aromatic carbocycles. The lowest BCUT2D eigenvalue weighted by molar-refractivity contribution is -0.145. The zero-order chi connectivity index (χ0) is 29.4. The van der Waals surface area contributed by atoms with Gasteiger partial charge in [-0.25, -0.2) is 9.59 Å². The Morgan fingerprint density at radius 1 is 1.12 bits per heavy atom. The predicted octanol–water partition coefficient (Wildman–Crippen LogP) is 5.60. The first-order chi connectivity index (χ1) is 19.8. The second kappa shape index (κ2) is 14.5. The maximum absolute atomic E-state index is 13.5. The van der Waals surface area contributed by atoms with Crippen molar-refractivity contribution < 1.29 is 33.3 Å². The lowest BCUT2D eigenvalue weighted by Gasteiger charge is -2.30. The molecule has 0 bridgehead atoms. The molecule has 0 spiro atoms. The highest BCUT2D eigenvalue weighted by atomic mass is 79.9. The number of halogens is 1. The third-order valence-corrected chi connectivity index (χ3v) is 8.87. The summed E-state index contributed by atoms with van der Waals surface area (Å²) in [6.45, 7) is 5.14. The van der Waals surface area contributed by atoms with Gasteiger partial charge in [0.1, 0.15) is 5.75 Å². The topological polar surface area (TPSA) is 112 Å². The Kier molecular flexibility index (Phi) is 10.8. The summed E-state index contributed by atoms with van der Waals surface area (Å²) in [5.41, 5.74) is 2.46. The van der Waals surface area contributed by atoms with Crippen LogP contribution in [0.2, 0.25) is 0 Å². The first-order valence-corrected chi connectivity index (χ1v) is 15.0. The number of hydrogen-bond acceptors (Lipinski definition) is 9. The number of esters is 2. The Labute approximate surface area is 251 Å². The summed E-state index contributed by atoms with van der Waals surface area (Å²) in [5, 5.41) is 6.39. The number of thiophene rings is 1. The summed E-state index contributed by atoms with van der Waals surface area (Å²) in [4.78, 5) is 38.8. The number of amides is 1. The van der Waals surface area contributed by atoms with Crippen LogP contribution in [-0.4, -0.2) is 57.4 Å². The van der Waals surface area contributed by atoms with Crippen molar-refractivity contribution in [3.05, 3.63) is 63.4 Å². The number of carbonyl (C=O) groups excluding carboxylic acids is 3. The molecule has 1 atom stereocenters. The molecule has 0 aliphatic carbocycles. The second-order valence-electron chi connectivity index (χ2n) is 9.45. The fraction of sp³-hybridized carbons (Fsp3) is 0.367. The number of benzene rings is 2. The van der Waals surface area contributed by atoms with E-state index in [1.54, 1.807) is 13.0 Å². The molecule has 1 unspecified atom stereocenters. The molecule has 2 N–H and O–H groups in total. The van der Waals surface area contributed by atoms with Gasteiger partial charge in [0, 0.05) is 11.6 Å². The van der Waals surface area contributed by atoms with Crippen LogP contribution in [0.3, 0.4) is 0 Å². The van der Waals surface area contributed by atoms with Crippen LogP contribution in [0.1, 0.15) is 35.0 Å². The summed E-state index contributed by atoms with van der Waals surface area (Å²) >= 11 is 4.70. The molecule has 1 aliphatic heterocycles. The molecule has 0 saturated carbocycles. The van der Waals surface area contributed by atoms with Crippen LogP contribution in [-0.2, 0) is 19.1 Å². The molecule has 41 heavy (non-hydrogen) atoms. The van der Waals surface area contributed by atoms with Gasteiger partial charge < -0.3 is 29.6 Å². The lowest BCUT2D eigenvalue weighted by Crippen LogP contribution is -2.44. The Hall–Kier alpha value is -3.41. The summed E-state index contributed by atoms with van der Waals surface area (Å²) in [6, 6.07) is 15.0. The van der Waals surface area contributed by atoms with Crippen LogP contribution < -0.4 is 20.1 Å². The number of nitrogens with one attached hydrogen (secondary N) is 2. The van der Waals surface area contributed by atoms with E-state index >= 15 is 0 Å². The number of para-hydroxylation sites is 1. The standard InChI is InChI=1S/C30H33BrN2O7S/c1-4-38-23(34)17-39-26-24(31)27(41-28(26)30(36)37-3)20-9-7-10-21(16-20)40-25(19-12-14-32-15-13-19)29(35)33-22-11-6-5-8-18(22)2/h5-11,16,19,25,32H,4,12-15,17H2,1-3H3,(H,33,35). The maximum Gasteiger partial charge on any atom is 0.351 e. The number of rotatable bonds is 11. The molecule has 1 aromatic heterocycles. The van der Waals surface area contributed by atoms with Crippen LogP contribution in [0.5, 0.6) is 11.5 Å². The molecule has 9 nitrogen and oxygen atoms in total. The molecule has 1 amide bonds. The zero-order valence-electron chi connectivity index (χ0n) is 23.2. The Bertz CT molecular complexity index is 1390. The Morgan fingerprint density at radius 3 is 2.59 bits per heavy atom. The molecular weight excluding hydrogens is 612 g/mol. The smallest absolute Gasteiger partial charge is 0.351 e. The van der Waals surface area contributed by atoms with Crippen molar-refractivity contribution >= 4 is 50.8 Å². The van der Waals surface area contributed by atoms with E-state index in [9.17, 15) is 14.4 Å². The highest BCUT2D eigenvalue weighted by Gasteiger charge is 2.32. The van der Waals surface area contributed by atoms with E-state index in [1.165, 1.54) is 7.11 Å². The number of piperidine rings is 1. The minimum Gasteiger partial charge on any atom is -0.480 e. The van der Waals surface area contributed by atoms with Crippen molar-refractivity contribution in [2.24, 2.45) is 5.92 Å². The van der Waals surface area contributed by atoms with Gasteiger partial charge in [0.05, 0.1) is 23.1 Å². The van der Waals surface area contributed by atoms with Gasteiger partial charge in [0.2, 0.25) is 0 Å². The third kappa shape index (κ3) is 7.66. The fourth-order valence-electron chi connectivity index (χ4n) is 4.56. The van der Waals surface area contributed by atoms with Crippen molar-refractivity contribution in [1.82, 2.24) is 5.32 Å². The molecular formula is C30H33BrN2O7S. The molecule has 218 valence electrons. The zero-order valence-corrected chi connectivity index (χ0v) is 25.6. The van der Waals surface area contributed by atoms with Crippen LogP contribution in [0, 0.1) is 12.8 Å². The van der Waals surface area contributed by atoms with Gasteiger partial charge in [0.25, 0.3) is 5.91 Å². The largest absolute Gasteiger partial charge is 0.480 e. The summed E-state index contributed by atoms with van der Waals surface area (Å²) < 4.78 is 22.5. The van der Waals surface area contributed by atoms with E-state index in [2.05, 4.69) is 26.6 Å². The van der Waals surface area contributed by atoms with E-state index in [0.29, 0.717) is 15.1 Å². The molecule has 1 fully saturated rings. The van der Waals surface area contributed by atoms with Crippen LogP contribution >= 0.6 is 27.3 Å². The highest BCUT2D eigenvalue weighted by Crippen LogP contribution is 2.46. The molecule has 0 radical (unpaired) electrons. The van der Waals surface area contributed by atoms with Crippen LogP contribution in [0.4, 0.5) is 5.69 Å². The van der Waals surface area contributed by atoms with E-state index < -0.39 is 18.0 Å². The van der Waals surface area contributed by atoms with Gasteiger partial charge in [-0.15, -0.1) is 11.3 Å². The molecule has 4 rings (SSSR count). The number of methoxy groups -OCH3 is 1. The first-order valence-electron chi connectivity index (χ1n) is 13.4. The number of aryl methyl sites for hydroxylation is 1. The molecule has 3 aromatic rings. The Balaban J connectivity index is 1.62. The lowest BCUT2D eigenvalue weighted by atomic mass is 9.91. The van der Waals surface area contributed by atoms with Crippen molar-refractivity contribution in [3.63, 3.8) is 0 Å². The summed E-state index contributed by atoms with van der Waals surface area (Å²) in [7, 11) is 1.28. The molecule has 2 heterocycles. The van der Waals surface area contributed by atoms with Crippen molar-refractivity contribution in [2.45, 2.75) is 32.8 Å². The number of carbonyl (C=O) groups is 3. The van der Waals surface area contributed by atoms with Crippen LogP contribution in [0.15, 0.2) is 53.0 Å². The van der Waals surface area contributed by atoms with E-state index in [1.807, 2.05) is 49.4 Å². The number of anilines is 1. The van der Waals surface area contributed by atoms with Gasteiger partial charge in [0.15, 0.2) is 23.3 Å². The fourth-order valence-corrected chi connectivity index (χ4v) is 6.52. The van der Waals surface area contributed by atoms with Crippen LogP contribution in [0.25, 0.3) is 10.4 Å². The quantitative estimate of drug-likeness (QED) is 0.260. The number of hydrogen-bond donors (Lipinski definition) is 2. The van der Waals surface area contributed by atoms with Crippen molar-refractivity contribution in [1.29, 1.82) is 0 Å². The van der Waals surface area contributed by atoms with E-state index in [4.69, 9.17) is 18.9 Å². The first kappa shape index (κ1) is 30.5.